The number of carbonyl (C=O) groups excluding carboxylic acids is 2. The van der Waals surface area contributed by atoms with Gasteiger partial charge in [-0.05, 0) is 60.5 Å². The van der Waals surface area contributed by atoms with Crippen molar-refractivity contribution in [2.24, 2.45) is 0 Å². The van der Waals surface area contributed by atoms with Crippen LogP contribution in [0.2, 0.25) is 0 Å². The predicted molar refractivity (Wildman–Crippen MR) is 136 cm³/mol. The molecule has 4 heterocycles. The van der Waals surface area contributed by atoms with Gasteiger partial charge >= 0.3 is 0 Å². The van der Waals surface area contributed by atoms with Gasteiger partial charge in [-0.25, -0.2) is 9.97 Å². The largest absolute Gasteiger partial charge is 0.375 e. The fourth-order valence-corrected chi connectivity index (χ4v) is 4.29. The van der Waals surface area contributed by atoms with E-state index >= 15 is 0 Å². The van der Waals surface area contributed by atoms with Gasteiger partial charge in [0.1, 0.15) is 11.1 Å². The monoisotopic (exact) mass is 492 g/mol. The van der Waals surface area contributed by atoms with Crippen molar-refractivity contribution in [3.63, 3.8) is 0 Å². The van der Waals surface area contributed by atoms with Crippen LogP contribution in [0.5, 0.6) is 0 Å². The number of amides is 2. The van der Waals surface area contributed by atoms with Gasteiger partial charge in [0.05, 0.1) is 48.4 Å². The van der Waals surface area contributed by atoms with Crippen molar-refractivity contribution < 1.29 is 14.3 Å². The van der Waals surface area contributed by atoms with Crippen molar-refractivity contribution in [1.29, 1.82) is 5.26 Å². The van der Waals surface area contributed by atoms with Gasteiger partial charge in [-0.1, -0.05) is 12.1 Å². The average Bonchev–Trinajstić information content (AvgIpc) is 2.95. The Bertz CT molecular complexity index is 1580. The summed E-state index contributed by atoms with van der Waals surface area (Å²) in [5.74, 6) is -0.525. The smallest absolute Gasteiger partial charge is 0.269 e. The highest BCUT2D eigenvalue weighted by molar-refractivity contribution is 5.94. The fourth-order valence-electron chi connectivity index (χ4n) is 4.29. The molecule has 2 N–H and O–H groups in total. The third-order valence-corrected chi connectivity index (χ3v) is 6.39. The normalized spacial score (nSPS) is 16.5. The van der Waals surface area contributed by atoms with E-state index in [1.165, 1.54) is 0 Å². The lowest BCUT2D eigenvalue weighted by atomic mass is 9.79. The summed E-state index contributed by atoms with van der Waals surface area (Å²) in [6.07, 6.45) is 1.71. The minimum atomic E-state index is -0.790. The highest BCUT2D eigenvalue weighted by Gasteiger charge is 2.33. The van der Waals surface area contributed by atoms with Crippen LogP contribution < -0.4 is 10.6 Å². The fraction of sp³-hybridized carbons (Fsp3) is 0.214. The summed E-state index contributed by atoms with van der Waals surface area (Å²) >= 11 is 0. The number of fused-ring (bicyclic) bond motifs is 2. The van der Waals surface area contributed by atoms with Crippen molar-refractivity contribution in [3.05, 3.63) is 88.9 Å². The molecule has 1 aliphatic rings. The maximum absolute atomic E-state index is 12.9. The van der Waals surface area contributed by atoms with Crippen LogP contribution in [-0.4, -0.2) is 40.4 Å². The third-order valence-electron chi connectivity index (χ3n) is 6.39. The standard InChI is InChI=1S/C28H24N6O3/c1-28(15-29)16-37-14-19-7-6-17(10-21(19)28)26(35)32-13-20-11-25-18(12-31-20)8-9-23(34-25)22-4-3-5-24(33-22)27(36)30-2/h3-12H,13-14,16H2,1-2H3,(H,30,36)(H,32,35)/t28-/m1/s1. The highest BCUT2D eigenvalue weighted by Crippen LogP contribution is 2.32. The Kier molecular flexibility index (Phi) is 6.34. The lowest BCUT2D eigenvalue weighted by Gasteiger charge is -2.30. The number of ether oxygens (including phenoxy) is 1. The molecular formula is C28H24N6O3. The van der Waals surface area contributed by atoms with Gasteiger partial charge < -0.3 is 15.4 Å². The number of nitrogens with zero attached hydrogens (tertiary/aromatic N) is 4. The molecule has 0 aliphatic carbocycles. The molecule has 3 aromatic heterocycles. The lowest BCUT2D eigenvalue weighted by Crippen LogP contribution is -2.33. The van der Waals surface area contributed by atoms with E-state index in [0.717, 1.165) is 16.5 Å². The SMILES string of the molecule is CNC(=O)c1cccc(-c2ccc3cnc(CNC(=O)c4ccc5c(c4)[C@](C)(C#N)COC5)cc3n2)n1. The van der Waals surface area contributed by atoms with E-state index in [1.54, 1.807) is 43.6 Å². The second kappa shape index (κ2) is 9.76. The zero-order valence-electron chi connectivity index (χ0n) is 20.4. The first-order chi connectivity index (χ1) is 17.9. The number of benzene rings is 1. The molecule has 4 aromatic rings. The molecular weight excluding hydrogens is 468 g/mol. The van der Waals surface area contributed by atoms with E-state index < -0.39 is 5.41 Å². The van der Waals surface area contributed by atoms with Crippen LogP contribution in [0.4, 0.5) is 0 Å². The molecule has 0 unspecified atom stereocenters. The molecule has 1 aromatic carbocycles. The molecule has 0 radical (unpaired) electrons. The van der Waals surface area contributed by atoms with E-state index in [1.807, 2.05) is 31.2 Å². The molecule has 0 saturated carbocycles. The molecule has 0 fully saturated rings. The molecule has 184 valence electrons. The predicted octanol–water partition coefficient (Wildman–Crippen LogP) is 3.29. The van der Waals surface area contributed by atoms with Crippen LogP contribution in [0.15, 0.2) is 60.8 Å². The van der Waals surface area contributed by atoms with Gasteiger partial charge in [0.2, 0.25) is 0 Å². The molecule has 2 amide bonds. The summed E-state index contributed by atoms with van der Waals surface area (Å²) in [4.78, 5) is 38.4. The highest BCUT2D eigenvalue weighted by atomic mass is 16.5. The van der Waals surface area contributed by atoms with E-state index in [-0.39, 0.29) is 18.4 Å². The maximum atomic E-state index is 12.9. The quantitative estimate of drug-likeness (QED) is 0.437. The summed E-state index contributed by atoms with van der Waals surface area (Å²) in [6.45, 7) is 2.75. The summed E-state index contributed by atoms with van der Waals surface area (Å²) in [5.41, 5.74) is 4.28. The zero-order chi connectivity index (χ0) is 26.0. The number of nitrogens with one attached hydrogen (secondary N) is 2. The molecule has 1 atom stereocenters. The second-order valence-corrected chi connectivity index (χ2v) is 9.04. The van der Waals surface area contributed by atoms with Crippen molar-refractivity contribution in [2.75, 3.05) is 13.7 Å². The van der Waals surface area contributed by atoms with Gasteiger partial charge in [-0.2, -0.15) is 5.26 Å². The molecule has 9 heteroatoms. The van der Waals surface area contributed by atoms with E-state index in [9.17, 15) is 14.9 Å². The summed E-state index contributed by atoms with van der Waals surface area (Å²) < 4.78 is 5.54. The van der Waals surface area contributed by atoms with Crippen molar-refractivity contribution in [3.8, 4) is 17.5 Å². The minimum absolute atomic E-state index is 0.209. The molecule has 1 aliphatic heterocycles. The van der Waals surface area contributed by atoms with Crippen LogP contribution in [0.1, 0.15) is 44.6 Å². The van der Waals surface area contributed by atoms with Gasteiger partial charge in [0.25, 0.3) is 11.8 Å². The van der Waals surface area contributed by atoms with Gasteiger partial charge in [-0.3, -0.25) is 14.6 Å². The van der Waals surface area contributed by atoms with Gasteiger partial charge in [0, 0.05) is 24.2 Å². The third kappa shape index (κ3) is 4.75. The van der Waals surface area contributed by atoms with E-state index in [4.69, 9.17) is 9.72 Å². The maximum Gasteiger partial charge on any atom is 0.269 e. The first kappa shape index (κ1) is 24.0. The van der Waals surface area contributed by atoms with Crippen LogP contribution in [0.3, 0.4) is 0 Å². The molecule has 37 heavy (non-hydrogen) atoms. The molecule has 0 bridgehead atoms. The summed E-state index contributed by atoms with van der Waals surface area (Å²) in [6, 6.07) is 18.4. The minimum Gasteiger partial charge on any atom is -0.375 e. The van der Waals surface area contributed by atoms with Crippen LogP contribution in [0.25, 0.3) is 22.3 Å². The number of pyridine rings is 3. The average molecular weight is 493 g/mol. The first-order valence-corrected chi connectivity index (χ1v) is 11.8. The number of aromatic nitrogens is 3. The van der Waals surface area contributed by atoms with Crippen molar-refractivity contribution >= 4 is 22.7 Å². The topological polar surface area (TPSA) is 130 Å². The summed E-state index contributed by atoms with van der Waals surface area (Å²) in [5, 5.41) is 16.0. The Morgan fingerprint density at radius 3 is 2.73 bits per heavy atom. The van der Waals surface area contributed by atoms with Gasteiger partial charge in [-0.15, -0.1) is 0 Å². The van der Waals surface area contributed by atoms with E-state index in [2.05, 4.69) is 26.7 Å². The van der Waals surface area contributed by atoms with Crippen LogP contribution >= 0.6 is 0 Å². The number of nitriles is 1. The molecule has 0 spiro atoms. The summed E-state index contributed by atoms with van der Waals surface area (Å²) in [7, 11) is 1.56. The van der Waals surface area contributed by atoms with Crippen LogP contribution in [0, 0.1) is 11.3 Å². The molecule has 5 rings (SSSR count). The Morgan fingerprint density at radius 2 is 1.92 bits per heavy atom. The lowest BCUT2D eigenvalue weighted by molar-refractivity contribution is 0.0757. The van der Waals surface area contributed by atoms with E-state index in [0.29, 0.717) is 47.1 Å². The number of carbonyl (C=O) groups is 2. The second-order valence-electron chi connectivity index (χ2n) is 9.04. The number of hydrogen-bond acceptors (Lipinski definition) is 7. The first-order valence-electron chi connectivity index (χ1n) is 11.8. The number of hydrogen-bond donors (Lipinski definition) is 2. The zero-order valence-corrected chi connectivity index (χ0v) is 20.4. The Labute approximate surface area is 213 Å². The van der Waals surface area contributed by atoms with Gasteiger partial charge in [0.15, 0.2) is 0 Å². The van der Waals surface area contributed by atoms with Crippen molar-refractivity contribution in [1.82, 2.24) is 25.6 Å². The molecule has 9 nitrogen and oxygen atoms in total. The number of rotatable bonds is 5. The van der Waals surface area contributed by atoms with Crippen molar-refractivity contribution in [2.45, 2.75) is 25.5 Å². The Balaban J connectivity index is 1.35. The Hall–Kier alpha value is -4.68. The van der Waals surface area contributed by atoms with Crippen LogP contribution in [-0.2, 0) is 23.3 Å². The Morgan fingerprint density at radius 1 is 1.08 bits per heavy atom. The molecule has 0 saturated heterocycles.